The Hall–Kier alpha value is -0.130. The average Bonchev–Trinajstić information content (AvgIpc) is 2.82. The molecule has 0 aromatic rings. The Bertz CT molecular complexity index is 247. The molecule has 1 aliphatic rings. The van der Waals surface area contributed by atoms with Gasteiger partial charge in [0, 0.05) is 12.6 Å². The first-order chi connectivity index (χ1) is 6.05. The third-order valence-electron chi connectivity index (χ3n) is 2.24. The fourth-order valence-electron chi connectivity index (χ4n) is 1.26. The van der Waals surface area contributed by atoms with Crippen molar-refractivity contribution in [3.63, 3.8) is 0 Å². The van der Waals surface area contributed by atoms with Crippen molar-refractivity contribution >= 4 is 10.0 Å². The first-order valence-electron chi connectivity index (χ1n) is 4.78. The van der Waals surface area contributed by atoms with E-state index < -0.39 is 10.0 Å². The van der Waals surface area contributed by atoms with Crippen LogP contribution in [0.15, 0.2) is 0 Å². The predicted octanol–water partition coefficient (Wildman–Crippen LogP) is 0.0531. The standard InChI is InChI=1S/C8H18N2O2S/c1-2-5-13(11,12)10-6-8(9)7-3-4-7/h7-8,10H,2-6,9H2,1H3. The van der Waals surface area contributed by atoms with Crippen molar-refractivity contribution in [2.45, 2.75) is 32.2 Å². The average molecular weight is 206 g/mol. The molecule has 1 aliphatic carbocycles. The Morgan fingerprint density at radius 1 is 1.54 bits per heavy atom. The predicted molar refractivity (Wildman–Crippen MR) is 52.8 cm³/mol. The van der Waals surface area contributed by atoms with Gasteiger partial charge in [0.05, 0.1) is 5.75 Å². The summed E-state index contributed by atoms with van der Waals surface area (Å²) >= 11 is 0. The lowest BCUT2D eigenvalue weighted by Crippen LogP contribution is -2.39. The number of nitrogens with one attached hydrogen (secondary N) is 1. The van der Waals surface area contributed by atoms with Crippen LogP contribution in [0.4, 0.5) is 0 Å². The van der Waals surface area contributed by atoms with Crippen LogP contribution in [0.2, 0.25) is 0 Å². The molecule has 1 unspecified atom stereocenters. The summed E-state index contributed by atoms with van der Waals surface area (Å²) in [5.41, 5.74) is 5.76. The maximum absolute atomic E-state index is 11.2. The van der Waals surface area contributed by atoms with Gasteiger partial charge in [-0.1, -0.05) is 6.92 Å². The number of hydrogen-bond donors (Lipinski definition) is 2. The van der Waals surface area contributed by atoms with Gasteiger partial charge in [-0.2, -0.15) is 0 Å². The van der Waals surface area contributed by atoms with Crippen molar-refractivity contribution < 1.29 is 8.42 Å². The van der Waals surface area contributed by atoms with Gasteiger partial charge in [-0.05, 0) is 25.2 Å². The van der Waals surface area contributed by atoms with E-state index in [4.69, 9.17) is 5.73 Å². The fraction of sp³-hybridized carbons (Fsp3) is 1.00. The molecule has 0 heterocycles. The van der Waals surface area contributed by atoms with Crippen LogP contribution < -0.4 is 10.5 Å². The van der Waals surface area contributed by atoms with Gasteiger partial charge >= 0.3 is 0 Å². The van der Waals surface area contributed by atoms with Crippen LogP contribution >= 0.6 is 0 Å². The summed E-state index contributed by atoms with van der Waals surface area (Å²) in [5, 5.41) is 0. The summed E-state index contributed by atoms with van der Waals surface area (Å²) in [6.45, 7) is 2.24. The minimum atomic E-state index is -3.06. The second-order valence-electron chi connectivity index (χ2n) is 3.67. The van der Waals surface area contributed by atoms with E-state index in [2.05, 4.69) is 4.72 Å². The molecule has 0 saturated heterocycles. The van der Waals surface area contributed by atoms with Crippen molar-refractivity contribution in [2.75, 3.05) is 12.3 Å². The Balaban J connectivity index is 2.23. The molecule has 0 aromatic carbocycles. The van der Waals surface area contributed by atoms with E-state index in [0.717, 1.165) is 12.8 Å². The van der Waals surface area contributed by atoms with Gasteiger partial charge in [-0.15, -0.1) is 0 Å². The zero-order chi connectivity index (χ0) is 9.90. The Labute approximate surface area is 79.9 Å². The summed E-state index contributed by atoms with van der Waals surface area (Å²) in [6, 6.07) is 0.00614. The first-order valence-corrected chi connectivity index (χ1v) is 6.43. The molecule has 0 bridgehead atoms. The highest BCUT2D eigenvalue weighted by molar-refractivity contribution is 7.89. The van der Waals surface area contributed by atoms with Gasteiger partial charge in [0.25, 0.3) is 0 Å². The number of sulfonamides is 1. The highest BCUT2D eigenvalue weighted by Gasteiger charge is 2.28. The summed E-state index contributed by atoms with van der Waals surface area (Å²) in [6.07, 6.45) is 2.95. The maximum Gasteiger partial charge on any atom is 0.211 e. The van der Waals surface area contributed by atoms with Crippen LogP contribution in [0.5, 0.6) is 0 Å². The Kier molecular flexibility index (Phi) is 3.70. The van der Waals surface area contributed by atoms with Crippen molar-refractivity contribution in [3.8, 4) is 0 Å². The summed E-state index contributed by atoms with van der Waals surface area (Å²) < 4.78 is 25.0. The van der Waals surface area contributed by atoms with Crippen LogP contribution in [-0.2, 0) is 10.0 Å². The maximum atomic E-state index is 11.2. The van der Waals surface area contributed by atoms with E-state index >= 15 is 0 Å². The van der Waals surface area contributed by atoms with Crippen molar-refractivity contribution in [1.29, 1.82) is 0 Å². The lowest BCUT2D eigenvalue weighted by molar-refractivity contribution is 0.547. The van der Waals surface area contributed by atoms with Crippen LogP contribution in [0.1, 0.15) is 26.2 Å². The van der Waals surface area contributed by atoms with E-state index in [1.54, 1.807) is 0 Å². The molecule has 1 rings (SSSR count). The fourth-order valence-corrected chi connectivity index (χ4v) is 2.38. The number of hydrogen-bond acceptors (Lipinski definition) is 3. The molecule has 0 radical (unpaired) electrons. The molecule has 0 aliphatic heterocycles. The van der Waals surface area contributed by atoms with Gasteiger partial charge in [0.15, 0.2) is 0 Å². The van der Waals surface area contributed by atoms with Crippen molar-refractivity contribution in [2.24, 2.45) is 11.7 Å². The molecular weight excluding hydrogens is 188 g/mol. The van der Waals surface area contributed by atoms with E-state index in [9.17, 15) is 8.42 Å². The van der Waals surface area contributed by atoms with Crippen molar-refractivity contribution in [3.05, 3.63) is 0 Å². The van der Waals surface area contributed by atoms with Crippen molar-refractivity contribution in [1.82, 2.24) is 4.72 Å². The first kappa shape index (κ1) is 10.9. The van der Waals surface area contributed by atoms with Gasteiger partial charge in [-0.3, -0.25) is 0 Å². The van der Waals surface area contributed by atoms with Gasteiger partial charge in [0.1, 0.15) is 0 Å². The minimum Gasteiger partial charge on any atom is -0.326 e. The topological polar surface area (TPSA) is 72.2 Å². The monoisotopic (exact) mass is 206 g/mol. The zero-order valence-electron chi connectivity index (χ0n) is 7.99. The minimum absolute atomic E-state index is 0.00614. The molecule has 0 aromatic heterocycles. The van der Waals surface area contributed by atoms with Crippen LogP contribution in [0.3, 0.4) is 0 Å². The third kappa shape index (κ3) is 4.06. The molecule has 1 fully saturated rings. The number of nitrogens with two attached hydrogens (primary N) is 1. The number of rotatable bonds is 6. The molecule has 4 nitrogen and oxygen atoms in total. The Morgan fingerprint density at radius 2 is 2.15 bits per heavy atom. The van der Waals surface area contributed by atoms with Gasteiger partial charge in [0.2, 0.25) is 10.0 Å². The summed E-state index contributed by atoms with van der Waals surface area (Å²) in [4.78, 5) is 0. The molecule has 5 heteroatoms. The second-order valence-corrected chi connectivity index (χ2v) is 5.60. The molecular formula is C8H18N2O2S. The van der Waals surface area contributed by atoms with E-state index in [-0.39, 0.29) is 11.8 Å². The summed E-state index contributed by atoms with van der Waals surface area (Å²) in [5.74, 6) is 0.744. The second kappa shape index (κ2) is 4.39. The normalized spacial score (nSPS) is 20.2. The molecule has 13 heavy (non-hydrogen) atoms. The lowest BCUT2D eigenvalue weighted by Gasteiger charge is -2.11. The Morgan fingerprint density at radius 3 is 2.62 bits per heavy atom. The summed E-state index contributed by atoms with van der Waals surface area (Å²) in [7, 11) is -3.06. The zero-order valence-corrected chi connectivity index (χ0v) is 8.81. The molecule has 3 N–H and O–H groups in total. The highest BCUT2D eigenvalue weighted by Crippen LogP contribution is 2.31. The van der Waals surface area contributed by atoms with E-state index in [1.807, 2.05) is 6.92 Å². The van der Waals surface area contributed by atoms with E-state index in [0.29, 0.717) is 18.9 Å². The van der Waals surface area contributed by atoms with Crippen LogP contribution in [0.25, 0.3) is 0 Å². The molecule has 1 atom stereocenters. The molecule has 1 saturated carbocycles. The lowest BCUT2D eigenvalue weighted by atomic mass is 10.2. The molecule has 78 valence electrons. The third-order valence-corrected chi connectivity index (χ3v) is 3.79. The van der Waals surface area contributed by atoms with Gasteiger partial charge < -0.3 is 5.73 Å². The van der Waals surface area contributed by atoms with Crippen LogP contribution in [0, 0.1) is 5.92 Å². The quantitative estimate of drug-likeness (QED) is 0.645. The van der Waals surface area contributed by atoms with E-state index in [1.165, 1.54) is 0 Å². The molecule has 0 spiro atoms. The van der Waals surface area contributed by atoms with Gasteiger partial charge in [-0.25, -0.2) is 13.1 Å². The molecule has 0 amide bonds. The highest BCUT2D eigenvalue weighted by atomic mass is 32.2. The van der Waals surface area contributed by atoms with Crippen LogP contribution in [-0.4, -0.2) is 26.8 Å². The SMILES string of the molecule is CCCS(=O)(=O)NCC(N)C1CC1. The smallest absolute Gasteiger partial charge is 0.211 e. The largest absolute Gasteiger partial charge is 0.326 e.